The highest BCUT2D eigenvalue weighted by Gasteiger charge is 2.25. The highest BCUT2D eigenvalue weighted by Crippen LogP contribution is 2.24. The Bertz CT molecular complexity index is 357. The van der Waals surface area contributed by atoms with E-state index < -0.39 is 0 Å². The summed E-state index contributed by atoms with van der Waals surface area (Å²) in [6, 6.07) is 3.69. The first kappa shape index (κ1) is 11.4. The number of nitrogens with zero attached hydrogens (tertiary/aromatic N) is 2. The van der Waals surface area contributed by atoms with Gasteiger partial charge in [0.05, 0.1) is 12.7 Å². The van der Waals surface area contributed by atoms with E-state index in [1.54, 1.807) is 6.20 Å². The van der Waals surface area contributed by atoms with Crippen molar-refractivity contribution in [3.63, 3.8) is 0 Å². The smallest absolute Gasteiger partial charge is 0.134 e. The van der Waals surface area contributed by atoms with E-state index in [1.165, 1.54) is 0 Å². The molecule has 1 aromatic rings. The monoisotopic (exact) mass is 222 g/mol. The van der Waals surface area contributed by atoms with Crippen LogP contribution in [0.3, 0.4) is 0 Å². The molecule has 2 atom stereocenters. The van der Waals surface area contributed by atoms with Crippen molar-refractivity contribution in [1.82, 2.24) is 4.98 Å². The van der Waals surface area contributed by atoms with Crippen molar-refractivity contribution in [2.24, 2.45) is 5.92 Å². The lowest BCUT2D eigenvalue weighted by Gasteiger charge is -2.35. The van der Waals surface area contributed by atoms with Crippen molar-refractivity contribution in [3.05, 3.63) is 23.9 Å². The Balaban J connectivity index is 2.18. The summed E-state index contributed by atoms with van der Waals surface area (Å²) in [7, 11) is 0. The van der Waals surface area contributed by atoms with Gasteiger partial charge in [0, 0.05) is 24.8 Å². The quantitative estimate of drug-likeness (QED) is 0.776. The number of piperidine rings is 1. The van der Waals surface area contributed by atoms with Gasteiger partial charge in [-0.2, -0.15) is 0 Å². The minimum Gasteiger partial charge on any atom is -0.392 e. The lowest BCUT2D eigenvalue weighted by molar-refractivity contribution is 0.102. The molecule has 0 bridgehead atoms. The minimum absolute atomic E-state index is 0.00861. The predicted octanol–water partition coefficient (Wildman–Crippen LogP) is 0.781. The number of aliphatic hydroxyl groups excluding tert-OH is 2. The standard InChI is InChI=1S/C12H18N2O2/c1-9-4-6-14(7-11(9)16)12-10(8-15)3-2-5-13-12/h2-3,5,9,11,15-16H,4,6-8H2,1H3. The van der Waals surface area contributed by atoms with Gasteiger partial charge in [0.2, 0.25) is 0 Å². The maximum Gasteiger partial charge on any atom is 0.134 e. The molecule has 4 heteroatoms. The lowest BCUT2D eigenvalue weighted by Crippen LogP contribution is -2.43. The van der Waals surface area contributed by atoms with Gasteiger partial charge in [-0.25, -0.2) is 4.98 Å². The maximum absolute atomic E-state index is 9.84. The number of hydrogen-bond acceptors (Lipinski definition) is 4. The molecule has 0 amide bonds. The van der Waals surface area contributed by atoms with E-state index in [0.29, 0.717) is 12.5 Å². The molecular formula is C12H18N2O2. The molecule has 2 heterocycles. The Morgan fingerprint density at radius 1 is 1.56 bits per heavy atom. The van der Waals surface area contributed by atoms with Crippen LogP contribution in [0.4, 0.5) is 5.82 Å². The Hall–Kier alpha value is -1.13. The first-order chi connectivity index (χ1) is 7.72. The summed E-state index contributed by atoms with van der Waals surface area (Å²) in [6.45, 7) is 3.55. The zero-order valence-electron chi connectivity index (χ0n) is 9.50. The SMILES string of the molecule is CC1CCN(c2ncccc2CO)CC1O. The molecular weight excluding hydrogens is 204 g/mol. The molecule has 88 valence electrons. The zero-order valence-corrected chi connectivity index (χ0v) is 9.50. The van der Waals surface area contributed by atoms with Crippen molar-refractivity contribution >= 4 is 5.82 Å². The third-order valence-corrected chi connectivity index (χ3v) is 3.26. The fourth-order valence-electron chi connectivity index (χ4n) is 2.08. The average Bonchev–Trinajstić information content (AvgIpc) is 2.32. The van der Waals surface area contributed by atoms with Crippen molar-refractivity contribution in [1.29, 1.82) is 0 Å². The van der Waals surface area contributed by atoms with Crippen LogP contribution in [0.1, 0.15) is 18.9 Å². The normalized spacial score (nSPS) is 25.8. The van der Waals surface area contributed by atoms with Gasteiger partial charge >= 0.3 is 0 Å². The van der Waals surface area contributed by atoms with Gasteiger partial charge in [-0.1, -0.05) is 13.0 Å². The van der Waals surface area contributed by atoms with Crippen molar-refractivity contribution < 1.29 is 10.2 Å². The van der Waals surface area contributed by atoms with E-state index in [1.807, 2.05) is 12.1 Å². The molecule has 1 aliphatic heterocycles. The number of rotatable bonds is 2. The van der Waals surface area contributed by atoms with E-state index in [2.05, 4.69) is 16.8 Å². The topological polar surface area (TPSA) is 56.6 Å². The fraction of sp³-hybridized carbons (Fsp3) is 0.583. The molecule has 0 spiro atoms. The molecule has 2 N–H and O–H groups in total. The number of aromatic nitrogens is 1. The van der Waals surface area contributed by atoms with Gasteiger partial charge in [-0.15, -0.1) is 0 Å². The van der Waals surface area contributed by atoms with Gasteiger partial charge in [0.1, 0.15) is 5.82 Å². The maximum atomic E-state index is 9.84. The highest BCUT2D eigenvalue weighted by molar-refractivity contribution is 5.46. The molecule has 16 heavy (non-hydrogen) atoms. The van der Waals surface area contributed by atoms with Crippen LogP contribution in [-0.4, -0.2) is 34.4 Å². The van der Waals surface area contributed by atoms with Crippen LogP contribution in [0.2, 0.25) is 0 Å². The van der Waals surface area contributed by atoms with Crippen LogP contribution in [0.15, 0.2) is 18.3 Å². The van der Waals surface area contributed by atoms with Crippen molar-refractivity contribution in [3.8, 4) is 0 Å². The number of pyridine rings is 1. The summed E-state index contributed by atoms with van der Waals surface area (Å²) in [4.78, 5) is 6.34. The second kappa shape index (κ2) is 4.80. The Morgan fingerprint density at radius 2 is 2.38 bits per heavy atom. The van der Waals surface area contributed by atoms with Crippen LogP contribution in [0, 0.1) is 5.92 Å². The Labute approximate surface area is 95.5 Å². The van der Waals surface area contributed by atoms with Gasteiger partial charge in [0.15, 0.2) is 0 Å². The van der Waals surface area contributed by atoms with Crippen LogP contribution in [0.5, 0.6) is 0 Å². The largest absolute Gasteiger partial charge is 0.392 e. The molecule has 2 rings (SSSR count). The third kappa shape index (κ3) is 2.18. The molecule has 2 unspecified atom stereocenters. The summed E-state index contributed by atoms with van der Waals surface area (Å²) in [5.41, 5.74) is 0.823. The van der Waals surface area contributed by atoms with E-state index in [4.69, 9.17) is 0 Å². The second-order valence-corrected chi connectivity index (χ2v) is 4.42. The molecule has 4 nitrogen and oxygen atoms in total. The molecule has 1 aliphatic rings. The van der Waals surface area contributed by atoms with E-state index in [0.717, 1.165) is 24.3 Å². The third-order valence-electron chi connectivity index (χ3n) is 3.26. The van der Waals surface area contributed by atoms with Gasteiger partial charge in [0.25, 0.3) is 0 Å². The van der Waals surface area contributed by atoms with E-state index in [-0.39, 0.29) is 12.7 Å². The number of anilines is 1. The molecule has 0 radical (unpaired) electrons. The second-order valence-electron chi connectivity index (χ2n) is 4.42. The highest BCUT2D eigenvalue weighted by atomic mass is 16.3. The summed E-state index contributed by atoms with van der Waals surface area (Å²) in [5.74, 6) is 1.15. The first-order valence-electron chi connectivity index (χ1n) is 5.70. The predicted molar refractivity (Wildman–Crippen MR) is 62.2 cm³/mol. The number of aliphatic hydroxyl groups is 2. The first-order valence-corrected chi connectivity index (χ1v) is 5.70. The molecule has 1 fully saturated rings. The average molecular weight is 222 g/mol. The summed E-state index contributed by atoms with van der Waals surface area (Å²) in [6.07, 6.45) is 2.38. The van der Waals surface area contributed by atoms with E-state index >= 15 is 0 Å². The fourth-order valence-corrected chi connectivity index (χ4v) is 2.08. The molecule has 0 aliphatic carbocycles. The Morgan fingerprint density at radius 3 is 3.06 bits per heavy atom. The molecule has 1 aromatic heterocycles. The van der Waals surface area contributed by atoms with Crippen LogP contribution in [0.25, 0.3) is 0 Å². The minimum atomic E-state index is -0.303. The summed E-state index contributed by atoms with van der Waals surface area (Å²) < 4.78 is 0. The van der Waals surface area contributed by atoms with Crippen molar-refractivity contribution in [2.75, 3.05) is 18.0 Å². The van der Waals surface area contributed by atoms with Crippen LogP contribution >= 0.6 is 0 Å². The molecule has 1 saturated heterocycles. The van der Waals surface area contributed by atoms with Gasteiger partial charge in [-0.05, 0) is 18.4 Å². The van der Waals surface area contributed by atoms with Crippen molar-refractivity contribution in [2.45, 2.75) is 26.1 Å². The number of β-amino-alcohol motifs (C(OH)–C–C–N with tert-alkyl or cyclic N) is 1. The zero-order chi connectivity index (χ0) is 11.5. The lowest BCUT2D eigenvalue weighted by atomic mass is 9.96. The molecule has 0 aromatic carbocycles. The summed E-state index contributed by atoms with van der Waals surface area (Å²) >= 11 is 0. The van der Waals surface area contributed by atoms with Crippen LogP contribution in [-0.2, 0) is 6.61 Å². The van der Waals surface area contributed by atoms with E-state index in [9.17, 15) is 10.2 Å². The van der Waals surface area contributed by atoms with Gasteiger partial charge in [-0.3, -0.25) is 0 Å². The Kier molecular flexibility index (Phi) is 3.41. The van der Waals surface area contributed by atoms with Crippen LogP contribution < -0.4 is 4.90 Å². The van der Waals surface area contributed by atoms with Gasteiger partial charge < -0.3 is 15.1 Å². The summed E-state index contributed by atoms with van der Waals surface area (Å²) in [5, 5.41) is 19.1. The molecule has 0 saturated carbocycles. The number of hydrogen-bond donors (Lipinski definition) is 2.